The van der Waals surface area contributed by atoms with Gasteiger partial charge in [-0.2, -0.15) is 0 Å². The highest BCUT2D eigenvalue weighted by atomic mass is 16.1. The molecule has 0 aromatic heterocycles. The van der Waals surface area contributed by atoms with Crippen LogP contribution in [0.1, 0.15) is 13.8 Å². The molecule has 0 saturated heterocycles. The van der Waals surface area contributed by atoms with Crippen LogP contribution in [0, 0.1) is 0 Å². The van der Waals surface area contributed by atoms with Gasteiger partial charge in [0.1, 0.15) is 0 Å². The Kier molecular flexibility index (Phi) is 5.33. The number of carbonyl (C=O) groups is 1. The third kappa shape index (κ3) is 3.83. The van der Waals surface area contributed by atoms with E-state index in [1.54, 1.807) is 6.21 Å². The largest absolute Gasteiger partial charge is 0.353 e. The fraction of sp³-hybridized carbons (Fsp3) is 0.429. The minimum absolute atomic E-state index is 0.504. The number of hydrogen-bond acceptors (Lipinski definition) is 2. The minimum atomic E-state index is 0.504. The smallest absolute Gasteiger partial charge is 0.207 e. The van der Waals surface area contributed by atoms with Crippen LogP contribution in [0.5, 0.6) is 0 Å². The Hall–Kier alpha value is -1.12. The molecular weight excluding hydrogens is 128 g/mol. The first kappa shape index (κ1) is 8.88. The summed E-state index contributed by atoms with van der Waals surface area (Å²) in [4.78, 5) is 13.8. The van der Waals surface area contributed by atoms with Crippen LogP contribution >= 0.6 is 0 Å². The molecule has 0 fully saturated rings. The van der Waals surface area contributed by atoms with E-state index in [4.69, 9.17) is 0 Å². The monoisotopic (exact) mass is 140 g/mol. The van der Waals surface area contributed by atoms with Crippen molar-refractivity contribution in [1.29, 1.82) is 0 Å². The van der Waals surface area contributed by atoms with E-state index in [2.05, 4.69) is 10.3 Å². The molecule has 0 bridgehead atoms. The average Bonchev–Trinajstić information content (AvgIpc) is 1.98. The molecule has 1 amide bonds. The van der Waals surface area contributed by atoms with Crippen LogP contribution in [-0.4, -0.2) is 19.2 Å². The maximum absolute atomic E-state index is 9.84. The molecule has 0 saturated carbocycles. The van der Waals surface area contributed by atoms with E-state index in [1.165, 1.54) is 0 Å². The normalized spacial score (nSPS) is 12.0. The average molecular weight is 140 g/mol. The number of nitrogens with zero attached hydrogens (tertiary/aromatic N) is 1. The quantitative estimate of drug-likeness (QED) is 0.454. The zero-order chi connectivity index (χ0) is 7.82. The van der Waals surface area contributed by atoms with Crippen molar-refractivity contribution in [2.24, 2.45) is 4.99 Å². The van der Waals surface area contributed by atoms with Crippen molar-refractivity contribution >= 4 is 12.6 Å². The van der Waals surface area contributed by atoms with Crippen molar-refractivity contribution in [3.05, 3.63) is 11.8 Å². The van der Waals surface area contributed by atoms with E-state index >= 15 is 0 Å². The van der Waals surface area contributed by atoms with Gasteiger partial charge in [-0.25, -0.2) is 0 Å². The molecule has 0 heterocycles. The second-order valence-electron chi connectivity index (χ2n) is 1.67. The number of aliphatic imine (C=N–C) groups is 1. The molecule has 56 valence electrons. The maximum atomic E-state index is 9.84. The first-order chi connectivity index (χ1) is 4.85. The number of carbonyl (C=O) groups excluding carboxylic acids is 1. The van der Waals surface area contributed by atoms with Crippen LogP contribution in [0.15, 0.2) is 16.8 Å². The number of hydrogen-bond donors (Lipinski definition) is 1. The topological polar surface area (TPSA) is 41.5 Å². The second kappa shape index (κ2) is 6.01. The van der Waals surface area contributed by atoms with Gasteiger partial charge in [-0.15, -0.1) is 0 Å². The first-order valence-corrected chi connectivity index (χ1v) is 3.16. The molecule has 0 rings (SSSR count). The van der Waals surface area contributed by atoms with Gasteiger partial charge in [0.15, 0.2) is 0 Å². The van der Waals surface area contributed by atoms with Gasteiger partial charge in [0.25, 0.3) is 0 Å². The van der Waals surface area contributed by atoms with Gasteiger partial charge in [-0.05, 0) is 13.8 Å². The molecule has 3 heteroatoms. The lowest BCUT2D eigenvalue weighted by Gasteiger charge is -1.96. The van der Waals surface area contributed by atoms with Gasteiger partial charge in [0.05, 0.1) is 12.2 Å². The maximum Gasteiger partial charge on any atom is 0.207 e. The summed E-state index contributed by atoms with van der Waals surface area (Å²) in [5.74, 6) is 0. The van der Waals surface area contributed by atoms with Crippen molar-refractivity contribution in [3.63, 3.8) is 0 Å². The summed E-state index contributed by atoms with van der Waals surface area (Å²) in [5.41, 5.74) is 0.870. The molecule has 0 atom stereocenters. The molecule has 1 N–H and O–H groups in total. The standard InChI is InChI=1S/C7H12N2O/c1-3-7(9-4-2)5-8-6-10/h3-4,6H,5H2,1-2H3,(H,8,10)/b7-3-,9-4?. The Labute approximate surface area is 60.8 Å². The van der Waals surface area contributed by atoms with E-state index < -0.39 is 0 Å². The summed E-state index contributed by atoms with van der Waals surface area (Å²) in [7, 11) is 0. The van der Waals surface area contributed by atoms with Gasteiger partial charge in [-0.1, -0.05) is 6.08 Å². The summed E-state index contributed by atoms with van der Waals surface area (Å²) in [6, 6.07) is 0. The first-order valence-electron chi connectivity index (χ1n) is 3.16. The number of nitrogens with one attached hydrogen (secondary N) is 1. The van der Waals surface area contributed by atoms with Crippen LogP contribution in [0.3, 0.4) is 0 Å². The van der Waals surface area contributed by atoms with Crippen LogP contribution in [0.2, 0.25) is 0 Å². The van der Waals surface area contributed by atoms with E-state index in [0.29, 0.717) is 13.0 Å². The number of rotatable bonds is 4. The van der Waals surface area contributed by atoms with Crippen molar-refractivity contribution < 1.29 is 4.79 Å². The lowest BCUT2D eigenvalue weighted by Crippen LogP contribution is -2.13. The van der Waals surface area contributed by atoms with Crippen LogP contribution in [-0.2, 0) is 4.79 Å². The molecule has 0 radical (unpaired) electrons. The lowest BCUT2D eigenvalue weighted by molar-refractivity contribution is -0.109. The summed E-state index contributed by atoms with van der Waals surface area (Å²) in [5, 5.41) is 2.52. The molecule has 0 unspecified atom stereocenters. The molecule has 0 spiro atoms. The summed E-state index contributed by atoms with van der Waals surface area (Å²) >= 11 is 0. The van der Waals surface area contributed by atoms with Crippen molar-refractivity contribution in [1.82, 2.24) is 5.32 Å². The fourth-order valence-corrected chi connectivity index (χ4v) is 0.534. The molecular formula is C7H12N2O. The second-order valence-corrected chi connectivity index (χ2v) is 1.67. The molecule has 3 nitrogen and oxygen atoms in total. The highest BCUT2D eigenvalue weighted by molar-refractivity contribution is 5.55. The third-order valence-electron chi connectivity index (χ3n) is 0.995. The highest BCUT2D eigenvalue weighted by Gasteiger charge is 1.87. The Morgan fingerprint density at radius 3 is 2.70 bits per heavy atom. The lowest BCUT2D eigenvalue weighted by atomic mass is 10.4. The van der Waals surface area contributed by atoms with Gasteiger partial charge >= 0.3 is 0 Å². The van der Waals surface area contributed by atoms with Crippen molar-refractivity contribution in [3.8, 4) is 0 Å². The van der Waals surface area contributed by atoms with E-state index in [1.807, 2.05) is 19.9 Å². The molecule has 0 aromatic carbocycles. The van der Waals surface area contributed by atoms with E-state index in [-0.39, 0.29) is 0 Å². The minimum Gasteiger partial charge on any atom is -0.353 e. The van der Waals surface area contributed by atoms with Crippen LogP contribution in [0.4, 0.5) is 0 Å². The zero-order valence-corrected chi connectivity index (χ0v) is 6.29. The number of allylic oxidation sites excluding steroid dienone is 1. The Morgan fingerprint density at radius 1 is 1.60 bits per heavy atom. The Bertz CT molecular complexity index is 150. The van der Waals surface area contributed by atoms with Gasteiger partial charge in [0.2, 0.25) is 6.41 Å². The summed E-state index contributed by atoms with van der Waals surface area (Å²) in [6.45, 7) is 4.23. The predicted octanol–water partition coefficient (Wildman–Crippen LogP) is 0.727. The zero-order valence-electron chi connectivity index (χ0n) is 6.29. The summed E-state index contributed by atoms with van der Waals surface area (Å²) in [6.07, 6.45) is 4.22. The SMILES string of the molecule is CC=N/C(=C\C)CNC=O. The van der Waals surface area contributed by atoms with E-state index in [0.717, 1.165) is 5.70 Å². The van der Waals surface area contributed by atoms with Crippen LogP contribution < -0.4 is 5.32 Å². The molecule has 0 aliphatic carbocycles. The highest BCUT2D eigenvalue weighted by Crippen LogP contribution is 1.91. The van der Waals surface area contributed by atoms with Gasteiger partial charge < -0.3 is 5.32 Å². The van der Waals surface area contributed by atoms with E-state index in [9.17, 15) is 4.79 Å². The Balaban J connectivity index is 3.73. The fourth-order valence-electron chi connectivity index (χ4n) is 0.534. The molecule has 0 aromatic rings. The third-order valence-corrected chi connectivity index (χ3v) is 0.995. The predicted molar refractivity (Wildman–Crippen MR) is 42.0 cm³/mol. The van der Waals surface area contributed by atoms with Gasteiger partial charge in [0, 0.05) is 6.21 Å². The van der Waals surface area contributed by atoms with Gasteiger partial charge in [-0.3, -0.25) is 9.79 Å². The molecule has 0 aliphatic heterocycles. The molecule has 0 aliphatic rings. The number of amides is 1. The summed E-state index contributed by atoms with van der Waals surface area (Å²) < 4.78 is 0. The molecule has 10 heavy (non-hydrogen) atoms. The van der Waals surface area contributed by atoms with Crippen molar-refractivity contribution in [2.45, 2.75) is 13.8 Å². The Morgan fingerprint density at radius 2 is 2.30 bits per heavy atom. The van der Waals surface area contributed by atoms with Crippen LogP contribution in [0.25, 0.3) is 0 Å². The van der Waals surface area contributed by atoms with Crippen molar-refractivity contribution in [2.75, 3.05) is 6.54 Å².